The van der Waals surface area contributed by atoms with Crippen LogP contribution in [0.25, 0.3) is 0 Å². The van der Waals surface area contributed by atoms with E-state index in [1.54, 1.807) is 10.9 Å². The molecule has 0 saturated heterocycles. The molecule has 1 aromatic heterocycles. The van der Waals surface area contributed by atoms with Crippen molar-refractivity contribution >= 4 is 17.4 Å². The molecule has 0 aliphatic heterocycles. The van der Waals surface area contributed by atoms with Crippen LogP contribution in [0.15, 0.2) is 6.20 Å². The highest BCUT2D eigenvalue weighted by atomic mass is 35.5. The maximum Gasteiger partial charge on any atom is 0.189 e. The van der Waals surface area contributed by atoms with Gasteiger partial charge in [0, 0.05) is 18.0 Å². The number of Topliss-reactive ketones (excluding diaryl/α,β-unsaturated/α-hetero) is 1. The molecule has 5 heteroatoms. The van der Waals surface area contributed by atoms with Crippen LogP contribution in [-0.2, 0) is 0 Å². The van der Waals surface area contributed by atoms with Gasteiger partial charge in [-0.2, -0.15) is 5.10 Å². The van der Waals surface area contributed by atoms with Crippen LogP contribution in [0, 0.1) is 5.41 Å². The van der Waals surface area contributed by atoms with E-state index in [0.717, 1.165) is 25.7 Å². The predicted molar refractivity (Wildman–Crippen MR) is 71.9 cm³/mol. The summed E-state index contributed by atoms with van der Waals surface area (Å²) in [6, 6.07) is 0.118. The number of nitrogens with two attached hydrogens (primary N) is 1. The van der Waals surface area contributed by atoms with Crippen LogP contribution >= 0.6 is 11.6 Å². The number of aromatic nitrogens is 2. The van der Waals surface area contributed by atoms with Gasteiger partial charge in [0.1, 0.15) is 5.69 Å². The van der Waals surface area contributed by atoms with Gasteiger partial charge in [0.2, 0.25) is 0 Å². The third-order valence-corrected chi connectivity index (χ3v) is 4.16. The number of rotatable bonds is 4. The predicted octanol–water partition coefficient (Wildman–Crippen LogP) is 2.82. The molecule has 0 aromatic carbocycles. The summed E-state index contributed by atoms with van der Waals surface area (Å²) in [6.45, 7) is 4.37. The molecule has 1 aromatic rings. The Morgan fingerprint density at radius 2 is 2.17 bits per heavy atom. The molecule has 0 atom stereocenters. The van der Waals surface area contributed by atoms with Gasteiger partial charge in [-0.05, 0) is 26.7 Å². The number of hydrogen-bond acceptors (Lipinski definition) is 3. The minimum atomic E-state index is -0.420. The van der Waals surface area contributed by atoms with Gasteiger partial charge < -0.3 is 5.73 Å². The highest BCUT2D eigenvalue weighted by Crippen LogP contribution is 2.41. The van der Waals surface area contributed by atoms with Crippen molar-refractivity contribution in [3.05, 3.63) is 16.9 Å². The Morgan fingerprint density at radius 1 is 1.56 bits per heavy atom. The lowest BCUT2D eigenvalue weighted by Crippen LogP contribution is -2.37. The van der Waals surface area contributed by atoms with Gasteiger partial charge >= 0.3 is 0 Å². The fourth-order valence-electron chi connectivity index (χ4n) is 2.77. The molecule has 4 nitrogen and oxygen atoms in total. The van der Waals surface area contributed by atoms with Crippen molar-refractivity contribution in [2.24, 2.45) is 11.1 Å². The molecule has 1 fully saturated rings. The average Bonchev–Trinajstić information content (AvgIpc) is 2.95. The van der Waals surface area contributed by atoms with Crippen LogP contribution in [0.5, 0.6) is 0 Å². The van der Waals surface area contributed by atoms with Crippen LogP contribution in [0.3, 0.4) is 0 Å². The molecule has 2 rings (SSSR count). The number of carbonyl (C=O) groups is 1. The molecular weight excluding hydrogens is 250 g/mol. The molecule has 100 valence electrons. The molecular formula is C13H20ClN3O. The molecule has 1 aliphatic carbocycles. The van der Waals surface area contributed by atoms with Crippen molar-refractivity contribution in [3.8, 4) is 0 Å². The van der Waals surface area contributed by atoms with Crippen LogP contribution in [0.2, 0.25) is 5.02 Å². The Labute approximate surface area is 112 Å². The molecule has 1 aliphatic rings. The first-order valence-electron chi connectivity index (χ1n) is 6.50. The van der Waals surface area contributed by atoms with Crippen LogP contribution in [0.1, 0.15) is 56.1 Å². The van der Waals surface area contributed by atoms with E-state index >= 15 is 0 Å². The molecule has 18 heavy (non-hydrogen) atoms. The zero-order valence-corrected chi connectivity index (χ0v) is 11.7. The number of nitrogens with zero attached hydrogens (tertiary/aromatic N) is 2. The van der Waals surface area contributed by atoms with E-state index in [2.05, 4.69) is 5.10 Å². The first kappa shape index (κ1) is 13.6. The lowest BCUT2D eigenvalue weighted by molar-refractivity contribution is 0.0796. The summed E-state index contributed by atoms with van der Waals surface area (Å²) in [5.41, 5.74) is 5.97. The molecule has 0 bridgehead atoms. The first-order chi connectivity index (χ1) is 8.52. The fraction of sp³-hybridized carbons (Fsp3) is 0.692. The largest absolute Gasteiger partial charge is 0.329 e. The van der Waals surface area contributed by atoms with Gasteiger partial charge in [-0.1, -0.05) is 24.4 Å². The molecule has 1 saturated carbocycles. The third kappa shape index (κ3) is 2.08. The van der Waals surface area contributed by atoms with Crippen LogP contribution in [-0.4, -0.2) is 22.1 Å². The second-order valence-corrected chi connectivity index (χ2v) is 5.81. The monoisotopic (exact) mass is 269 g/mol. The van der Waals surface area contributed by atoms with E-state index in [9.17, 15) is 4.79 Å². The summed E-state index contributed by atoms with van der Waals surface area (Å²) >= 11 is 6.14. The van der Waals surface area contributed by atoms with Crippen molar-refractivity contribution in [1.82, 2.24) is 9.78 Å². The third-order valence-electron chi connectivity index (χ3n) is 3.89. The number of hydrogen-bond donors (Lipinski definition) is 1. The summed E-state index contributed by atoms with van der Waals surface area (Å²) in [5.74, 6) is 0.0682. The van der Waals surface area contributed by atoms with Gasteiger partial charge in [0.25, 0.3) is 0 Å². The first-order valence-corrected chi connectivity index (χ1v) is 6.87. The summed E-state index contributed by atoms with van der Waals surface area (Å²) in [4.78, 5) is 12.8. The van der Waals surface area contributed by atoms with E-state index in [4.69, 9.17) is 17.3 Å². The second-order valence-electron chi connectivity index (χ2n) is 5.40. The number of halogens is 1. The van der Waals surface area contributed by atoms with Crippen molar-refractivity contribution in [1.29, 1.82) is 0 Å². The summed E-state index contributed by atoms with van der Waals surface area (Å²) in [6.07, 6.45) is 5.41. The summed E-state index contributed by atoms with van der Waals surface area (Å²) in [7, 11) is 0. The second kappa shape index (κ2) is 5.02. The summed E-state index contributed by atoms with van der Waals surface area (Å²) < 4.78 is 1.71. The summed E-state index contributed by atoms with van der Waals surface area (Å²) in [5, 5.41) is 4.63. The minimum Gasteiger partial charge on any atom is -0.329 e. The Kier molecular flexibility index (Phi) is 3.78. The normalized spacial score (nSPS) is 18.5. The average molecular weight is 270 g/mol. The van der Waals surface area contributed by atoms with E-state index in [1.807, 2.05) is 13.8 Å². The van der Waals surface area contributed by atoms with Crippen molar-refractivity contribution < 1.29 is 4.79 Å². The zero-order valence-electron chi connectivity index (χ0n) is 10.9. The Bertz CT molecular complexity index is 447. The van der Waals surface area contributed by atoms with Crippen molar-refractivity contribution in [2.45, 2.75) is 45.6 Å². The molecule has 1 heterocycles. The molecule has 0 unspecified atom stereocenters. The van der Waals surface area contributed by atoms with Gasteiger partial charge in [-0.3, -0.25) is 9.48 Å². The fourth-order valence-corrected chi connectivity index (χ4v) is 2.99. The highest BCUT2D eigenvalue weighted by molar-refractivity contribution is 6.33. The molecule has 0 spiro atoms. The highest BCUT2D eigenvalue weighted by Gasteiger charge is 2.42. The van der Waals surface area contributed by atoms with Gasteiger partial charge in [-0.15, -0.1) is 0 Å². The molecule has 0 radical (unpaired) electrons. The smallest absolute Gasteiger partial charge is 0.189 e. The SMILES string of the molecule is CC(C)n1ncc(Cl)c1C(=O)C1(CN)CCCC1. The Hall–Kier alpha value is -0.870. The lowest BCUT2D eigenvalue weighted by atomic mass is 9.80. The van der Waals surface area contributed by atoms with E-state index in [0.29, 0.717) is 17.3 Å². The van der Waals surface area contributed by atoms with Gasteiger partial charge in [0.05, 0.1) is 11.2 Å². The van der Waals surface area contributed by atoms with E-state index in [1.165, 1.54) is 0 Å². The number of ketones is 1. The Balaban J connectivity index is 2.42. The molecule has 0 amide bonds. The topological polar surface area (TPSA) is 60.9 Å². The van der Waals surface area contributed by atoms with E-state index in [-0.39, 0.29) is 11.8 Å². The quantitative estimate of drug-likeness (QED) is 0.855. The maximum atomic E-state index is 12.8. The zero-order chi connectivity index (χ0) is 13.3. The lowest BCUT2D eigenvalue weighted by Gasteiger charge is -2.26. The minimum absolute atomic E-state index is 0.0682. The van der Waals surface area contributed by atoms with Crippen molar-refractivity contribution in [2.75, 3.05) is 6.54 Å². The Morgan fingerprint density at radius 3 is 2.67 bits per heavy atom. The van der Waals surface area contributed by atoms with E-state index < -0.39 is 5.41 Å². The van der Waals surface area contributed by atoms with Crippen molar-refractivity contribution in [3.63, 3.8) is 0 Å². The standard InChI is InChI=1S/C13H20ClN3O/c1-9(2)17-11(10(14)7-16-17)12(18)13(8-15)5-3-4-6-13/h7,9H,3-6,8,15H2,1-2H3. The van der Waals surface area contributed by atoms with Gasteiger partial charge in [0.15, 0.2) is 5.78 Å². The molecule has 2 N–H and O–H groups in total. The van der Waals surface area contributed by atoms with Crippen LogP contribution in [0.4, 0.5) is 0 Å². The van der Waals surface area contributed by atoms with Gasteiger partial charge in [-0.25, -0.2) is 0 Å². The van der Waals surface area contributed by atoms with Crippen LogP contribution < -0.4 is 5.73 Å². The maximum absolute atomic E-state index is 12.8. The number of carbonyl (C=O) groups excluding carboxylic acids is 1.